The lowest BCUT2D eigenvalue weighted by Gasteiger charge is -2.52. The molecule has 8 heteroatoms. The van der Waals surface area contributed by atoms with Crippen LogP contribution in [-0.4, -0.2) is 79.0 Å². The third-order valence-corrected chi connectivity index (χ3v) is 6.46. The Hall–Kier alpha value is -3.00. The number of furan rings is 1. The number of methoxy groups -OCH3 is 2. The van der Waals surface area contributed by atoms with Crippen LogP contribution in [0.1, 0.15) is 29.5 Å². The van der Waals surface area contributed by atoms with Crippen LogP contribution in [0.25, 0.3) is 0 Å². The number of likely N-dealkylation sites (tertiary alicyclic amines) is 1. The summed E-state index contributed by atoms with van der Waals surface area (Å²) in [6.45, 7) is 5.52. The van der Waals surface area contributed by atoms with Gasteiger partial charge in [-0.15, -0.1) is 0 Å². The van der Waals surface area contributed by atoms with E-state index >= 15 is 0 Å². The zero-order valence-electron chi connectivity index (χ0n) is 18.3. The standard InChI is InChI=1S/C23H29N3O5/c1-23(9-10-26(23)16-17-6-4-7-18(29-2)20(17)30-3)22(28)25-13-11-24(12-14-25)21(27)19-8-5-15-31-19/h4-8,15H,9-14,16H2,1-3H3. The van der Waals surface area contributed by atoms with E-state index in [1.54, 1.807) is 31.3 Å². The van der Waals surface area contributed by atoms with Crippen molar-refractivity contribution in [1.82, 2.24) is 14.7 Å². The summed E-state index contributed by atoms with van der Waals surface area (Å²) in [4.78, 5) is 31.7. The van der Waals surface area contributed by atoms with Gasteiger partial charge in [-0.1, -0.05) is 12.1 Å². The quantitative estimate of drug-likeness (QED) is 0.704. The molecule has 8 nitrogen and oxygen atoms in total. The molecule has 2 amide bonds. The highest BCUT2D eigenvalue weighted by atomic mass is 16.5. The molecule has 4 rings (SSSR count). The van der Waals surface area contributed by atoms with Gasteiger partial charge in [0.2, 0.25) is 5.91 Å². The molecule has 1 atom stereocenters. The molecule has 0 aliphatic carbocycles. The van der Waals surface area contributed by atoms with Crippen molar-refractivity contribution in [3.05, 3.63) is 47.9 Å². The van der Waals surface area contributed by atoms with Crippen LogP contribution in [0, 0.1) is 0 Å². The van der Waals surface area contributed by atoms with Gasteiger partial charge < -0.3 is 23.7 Å². The van der Waals surface area contributed by atoms with Crippen molar-refractivity contribution in [2.24, 2.45) is 0 Å². The Kier molecular flexibility index (Phi) is 5.91. The Morgan fingerprint density at radius 2 is 1.74 bits per heavy atom. The molecule has 0 saturated carbocycles. The lowest BCUT2D eigenvalue weighted by Crippen LogP contribution is -2.67. The van der Waals surface area contributed by atoms with E-state index in [4.69, 9.17) is 13.9 Å². The Morgan fingerprint density at radius 1 is 1.00 bits per heavy atom. The molecule has 166 valence electrons. The Balaban J connectivity index is 1.39. The van der Waals surface area contributed by atoms with Crippen LogP contribution < -0.4 is 9.47 Å². The van der Waals surface area contributed by atoms with Crippen LogP contribution in [0.2, 0.25) is 0 Å². The Morgan fingerprint density at radius 3 is 2.32 bits per heavy atom. The number of amides is 2. The highest BCUT2D eigenvalue weighted by molar-refractivity contribution is 5.92. The zero-order valence-corrected chi connectivity index (χ0v) is 18.3. The number of carbonyl (C=O) groups excluding carboxylic acids is 2. The first-order valence-electron chi connectivity index (χ1n) is 10.5. The predicted octanol–water partition coefficient (Wildman–Crippen LogP) is 2.25. The van der Waals surface area contributed by atoms with E-state index in [9.17, 15) is 9.59 Å². The molecule has 2 fully saturated rings. The van der Waals surface area contributed by atoms with E-state index in [2.05, 4.69) is 4.90 Å². The summed E-state index contributed by atoms with van der Waals surface area (Å²) in [5.41, 5.74) is 0.441. The van der Waals surface area contributed by atoms with Crippen molar-refractivity contribution < 1.29 is 23.5 Å². The van der Waals surface area contributed by atoms with Gasteiger partial charge in [-0.3, -0.25) is 14.5 Å². The summed E-state index contributed by atoms with van der Waals surface area (Å²) >= 11 is 0. The minimum Gasteiger partial charge on any atom is -0.493 e. The molecule has 2 aliphatic heterocycles. The Labute approximate surface area is 182 Å². The van der Waals surface area contributed by atoms with Gasteiger partial charge in [-0.05, 0) is 31.5 Å². The fourth-order valence-electron chi connectivity index (χ4n) is 4.39. The maximum absolute atomic E-state index is 13.4. The molecule has 0 N–H and O–H groups in total. The third-order valence-electron chi connectivity index (χ3n) is 6.46. The fraction of sp³-hybridized carbons (Fsp3) is 0.478. The number of piperazine rings is 1. The summed E-state index contributed by atoms with van der Waals surface area (Å²) < 4.78 is 16.2. The van der Waals surface area contributed by atoms with Gasteiger partial charge in [0.25, 0.3) is 5.91 Å². The second-order valence-electron chi connectivity index (χ2n) is 8.16. The lowest BCUT2D eigenvalue weighted by molar-refractivity contribution is -0.154. The Bertz CT molecular complexity index is 937. The molecule has 1 aromatic carbocycles. The van der Waals surface area contributed by atoms with Gasteiger partial charge in [0.15, 0.2) is 17.3 Å². The van der Waals surface area contributed by atoms with E-state index in [0.717, 1.165) is 18.5 Å². The largest absolute Gasteiger partial charge is 0.493 e. The number of hydrogen-bond donors (Lipinski definition) is 0. The smallest absolute Gasteiger partial charge is 0.289 e. The first-order valence-corrected chi connectivity index (χ1v) is 10.5. The minimum absolute atomic E-state index is 0.116. The minimum atomic E-state index is -0.554. The van der Waals surface area contributed by atoms with Crippen molar-refractivity contribution in [3.63, 3.8) is 0 Å². The summed E-state index contributed by atoms with van der Waals surface area (Å²) in [5.74, 6) is 1.72. The monoisotopic (exact) mass is 427 g/mol. The number of ether oxygens (including phenoxy) is 2. The first kappa shape index (κ1) is 21.2. The molecule has 0 radical (unpaired) electrons. The van der Waals surface area contributed by atoms with Gasteiger partial charge in [-0.2, -0.15) is 0 Å². The molecule has 0 spiro atoms. The highest BCUT2D eigenvalue weighted by Gasteiger charge is 2.49. The van der Waals surface area contributed by atoms with Crippen molar-refractivity contribution in [3.8, 4) is 11.5 Å². The zero-order chi connectivity index (χ0) is 22.0. The average Bonchev–Trinajstić information content (AvgIpc) is 3.35. The SMILES string of the molecule is COc1cccc(CN2CCC2(C)C(=O)N2CCN(C(=O)c3ccco3)CC2)c1OC. The fourth-order valence-corrected chi connectivity index (χ4v) is 4.39. The lowest BCUT2D eigenvalue weighted by atomic mass is 9.84. The van der Waals surface area contributed by atoms with Crippen molar-refractivity contribution in [2.75, 3.05) is 46.9 Å². The average molecular weight is 428 g/mol. The number of rotatable bonds is 6. The molecular formula is C23H29N3O5. The molecule has 2 aromatic rings. The van der Waals surface area contributed by atoms with E-state index in [0.29, 0.717) is 50.0 Å². The summed E-state index contributed by atoms with van der Waals surface area (Å²) in [5, 5.41) is 0. The number of carbonyl (C=O) groups is 2. The van der Waals surface area contributed by atoms with E-state index in [1.165, 1.54) is 6.26 Å². The van der Waals surface area contributed by atoms with Crippen LogP contribution in [0.3, 0.4) is 0 Å². The molecule has 1 unspecified atom stereocenters. The van der Waals surface area contributed by atoms with Crippen LogP contribution in [0.4, 0.5) is 0 Å². The van der Waals surface area contributed by atoms with Gasteiger partial charge in [0.1, 0.15) is 0 Å². The number of para-hydroxylation sites is 1. The van der Waals surface area contributed by atoms with Gasteiger partial charge >= 0.3 is 0 Å². The first-order chi connectivity index (χ1) is 15.0. The van der Waals surface area contributed by atoms with Crippen molar-refractivity contribution >= 4 is 11.8 Å². The van der Waals surface area contributed by atoms with E-state index < -0.39 is 5.54 Å². The second kappa shape index (κ2) is 8.63. The molecule has 1 aromatic heterocycles. The van der Waals surface area contributed by atoms with E-state index in [-0.39, 0.29) is 11.8 Å². The van der Waals surface area contributed by atoms with Crippen molar-refractivity contribution in [2.45, 2.75) is 25.4 Å². The normalized spacial score (nSPS) is 21.5. The maximum atomic E-state index is 13.4. The molecule has 2 saturated heterocycles. The molecule has 0 bridgehead atoms. The van der Waals surface area contributed by atoms with Gasteiger partial charge in [0, 0.05) is 44.8 Å². The number of benzene rings is 1. The van der Waals surface area contributed by atoms with Gasteiger partial charge in [0.05, 0.1) is 26.0 Å². The van der Waals surface area contributed by atoms with Crippen LogP contribution in [-0.2, 0) is 11.3 Å². The van der Waals surface area contributed by atoms with Crippen LogP contribution in [0.5, 0.6) is 11.5 Å². The topological polar surface area (TPSA) is 75.5 Å². The van der Waals surface area contributed by atoms with Crippen LogP contribution in [0.15, 0.2) is 41.0 Å². The molecule has 31 heavy (non-hydrogen) atoms. The number of nitrogens with zero attached hydrogens (tertiary/aromatic N) is 3. The highest BCUT2D eigenvalue weighted by Crippen LogP contribution is 2.38. The molecule has 2 aliphatic rings. The summed E-state index contributed by atoms with van der Waals surface area (Å²) in [6.07, 6.45) is 2.31. The van der Waals surface area contributed by atoms with Gasteiger partial charge in [-0.25, -0.2) is 0 Å². The predicted molar refractivity (Wildman–Crippen MR) is 114 cm³/mol. The maximum Gasteiger partial charge on any atom is 0.289 e. The van der Waals surface area contributed by atoms with Crippen LogP contribution >= 0.6 is 0 Å². The van der Waals surface area contributed by atoms with E-state index in [1.807, 2.05) is 30.0 Å². The number of hydrogen-bond acceptors (Lipinski definition) is 6. The second-order valence-corrected chi connectivity index (χ2v) is 8.16. The summed E-state index contributed by atoms with van der Waals surface area (Å²) in [6, 6.07) is 9.18. The third kappa shape index (κ3) is 3.87. The van der Waals surface area contributed by atoms with Crippen molar-refractivity contribution in [1.29, 1.82) is 0 Å². The molecule has 3 heterocycles. The molecular weight excluding hydrogens is 398 g/mol. The summed E-state index contributed by atoms with van der Waals surface area (Å²) in [7, 11) is 3.25.